The van der Waals surface area contributed by atoms with Crippen LogP contribution < -0.4 is 0 Å². The molecular formula is C9H16O3. The van der Waals surface area contributed by atoms with Crippen molar-refractivity contribution in [2.45, 2.75) is 45.8 Å². The highest BCUT2D eigenvalue weighted by molar-refractivity contribution is 5.71. The number of aliphatic hydroxyl groups excluding tert-OH is 1. The van der Waals surface area contributed by atoms with E-state index in [1.54, 1.807) is 0 Å². The summed E-state index contributed by atoms with van der Waals surface area (Å²) in [4.78, 5) is 10.9. The number of carbonyl (C=O) groups is 1. The minimum Gasteiger partial charge on any atom is -0.462 e. The van der Waals surface area contributed by atoms with Gasteiger partial charge in [0.2, 0.25) is 0 Å². The third-order valence-corrected chi connectivity index (χ3v) is 2.69. The second kappa shape index (κ2) is 3.05. The van der Waals surface area contributed by atoms with Crippen LogP contribution in [-0.2, 0) is 9.53 Å². The van der Waals surface area contributed by atoms with Crippen LogP contribution in [0, 0.1) is 5.41 Å². The van der Waals surface area contributed by atoms with E-state index in [0.717, 1.165) is 6.42 Å². The number of cyclic esters (lactones) is 1. The van der Waals surface area contributed by atoms with E-state index in [1.807, 2.05) is 20.8 Å². The smallest absolute Gasteiger partial charge is 0.308 e. The van der Waals surface area contributed by atoms with Gasteiger partial charge >= 0.3 is 5.97 Å². The molecule has 0 aromatic rings. The monoisotopic (exact) mass is 172 g/mol. The maximum absolute atomic E-state index is 10.9. The molecular weight excluding hydrogens is 156 g/mol. The molecule has 1 aliphatic rings. The molecule has 1 saturated heterocycles. The maximum Gasteiger partial charge on any atom is 0.308 e. The number of hydrogen-bond acceptors (Lipinski definition) is 3. The Hall–Kier alpha value is -0.570. The van der Waals surface area contributed by atoms with Gasteiger partial charge in [-0.15, -0.1) is 0 Å². The van der Waals surface area contributed by atoms with Crippen molar-refractivity contribution in [2.75, 3.05) is 0 Å². The van der Waals surface area contributed by atoms with Gasteiger partial charge in [0.25, 0.3) is 0 Å². The van der Waals surface area contributed by atoms with Crippen LogP contribution in [0.25, 0.3) is 0 Å². The summed E-state index contributed by atoms with van der Waals surface area (Å²) in [5.74, 6) is -0.284. The molecule has 1 aliphatic heterocycles. The molecule has 0 bridgehead atoms. The highest BCUT2D eigenvalue weighted by atomic mass is 16.5. The van der Waals surface area contributed by atoms with E-state index in [2.05, 4.69) is 0 Å². The van der Waals surface area contributed by atoms with Crippen LogP contribution in [0.5, 0.6) is 0 Å². The molecule has 1 heterocycles. The molecule has 0 unspecified atom stereocenters. The van der Waals surface area contributed by atoms with Crippen molar-refractivity contribution in [3.63, 3.8) is 0 Å². The van der Waals surface area contributed by atoms with Gasteiger partial charge in [-0.05, 0) is 6.42 Å². The molecule has 0 radical (unpaired) electrons. The quantitative estimate of drug-likeness (QED) is 0.602. The number of rotatable bonds is 1. The van der Waals surface area contributed by atoms with Crippen molar-refractivity contribution in [3.05, 3.63) is 0 Å². The summed E-state index contributed by atoms with van der Waals surface area (Å²) < 4.78 is 5.12. The first-order valence-corrected chi connectivity index (χ1v) is 4.36. The predicted molar refractivity (Wildman–Crippen MR) is 44.6 cm³/mol. The lowest BCUT2D eigenvalue weighted by atomic mass is 9.76. The Morgan fingerprint density at radius 1 is 1.67 bits per heavy atom. The largest absolute Gasteiger partial charge is 0.462 e. The lowest BCUT2D eigenvalue weighted by Gasteiger charge is -2.40. The molecule has 2 atom stereocenters. The fraction of sp³-hybridized carbons (Fsp3) is 0.889. The molecule has 12 heavy (non-hydrogen) atoms. The van der Waals surface area contributed by atoms with Gasteiger partial charge in [-0.3, -0.25) is 4.79 Å². The van der Waals surface area contributed by atoms with Crippen LogP contribution in [0.1, 0.15) is 33.6 Å². The first-order chi connectivity index (χ1) is 5.48. The van der Waals surface area contributed by atoms with E-state index < -0.39 is 6.10 Å². The molecule has 1 N–H and O–H groups in total. The van der Waals surface area contributed by atoms with Crippen LogP contribution in [-0.4, -0.2) is 23.3 Å². The number of carbonyl (C=O) groups excluding carboxylic acids is 1. The minimum atomic E-state index is -0.566. The Kier molecular flexibility index (Phi) is 2.42. The molecule has 3 nitrogen and oxygen atoms in total. The maximum atomic E-state index is 10.9. The van der Waals surface area contributed by atoms with E-state index in [4.69, 9.17) is 4.74 Å². The van der Waals surface area contributed by atoms with E-state index in [1.165, 1.54) is 0 Å². The second-order valence-electron chi connectivity index (χ2n) is 3.93. The van der Waals surface area contributed by atoms with Crippen LogP contribution in [0.3, 0.4) is 0 Å². The Labute approximate surface area is 72.7 Å². The molecule has 0 amide bonds. The topological polar surface area (TPSA) is 46.5 Å². The van der Waals surface area contributed by atoms with E-state index in [9.17, 15) is 9.90 Å². The molecule has 1 rings (SSSR count). The van der Waals surface area contributed by atoms with Gasteiger partial charge in [0.1, 0.15) is 6.10 Å². The molecule has 0 aliphatic carbocycles. The summed E-state index contributed by atoms with van der Waals surface area (Å²) in [7, 11) is 0. The van der Waals surface area contributed by atoms with Gasteiger partial charge < -0.3 is 9.84 Å². The van der Waals surface area contributed by atoms with Gasteiger partial charge in [-0.2, -0.15) is 0 Å². The van der Waals surface area contributed by atoms with Gasteiger partial charge in [-0.1, -0.05) is 20.8 Å². The summed E-state index contributed by atoms with van der Waals surface area (Å²) in [5, 5.41) is 9.61. The fourth-order valence-electron chi connectivity index (χ4n) is 1.60. The standard InChI is InChI=1S/C9H16O3/c1-4-7-9(2,3)6(10)5-8(11)12-7/h6-7,10H,4-5H2,1-3H3/t6-,7+/m0/s1. The van der Waals surface area contributed by atoms with E-state index >= 15 is 0 Å². The number of hydrogen-bond donors (Lipinski definition) is 1. The Bertz CT molecular complexity index is 186. The predicted octanol–water partition coefficient (Wildman–Crippen LogP) is 1.10. The average molecular weight is 172 g/mol. The van der Waals surface area contributed by atoms with Crippen molar-refractivity contribution in [1.29, 1.82) is 0 Å². The van der Waals surface area contributed by atoms with Gasteiger partial charge in [-0.25, -0.2) is 0 Å². The Balaban J connectivity index is 2.77. The van der Waals surface area contributed by atoms with Crippen molar-refractivity contribution >= 4 is 5.97 Å². The molecule has 70 valence electrons. The first kappa shape index (κ1) is 9.52. The third-order valence-electron chi connectivity index (χ3n) is 2.69. The zero-order chi connectivity index (χ0) is 9.35. The zero-order valence-electron chi connectivity index (χ0n) is 7.83. The Morgan fingerprint density at radius 3 is 2.75 bits per heavy atom. The molecule has 3 heteroatoms. The number of ether oxygens (including phenoxy) is 1. The summed E-state index contributed by atoms with van der Waals surface area (Å²) in [6, 6.07) is 0. The van der Waals surface area contributed by atoms with Crippen molar-refractivity contribution in [2.24, 2.45) is 5.41 Å². The summed E-state index contributed by atoms with van der Waals surface area (Å²) in [5.41, 5.74) is -0.303. The van der Waals surface area contributed by atoms with E-state index in [-0.39, 0.29) is 23.9 Å². The fourth-order valence-corrected chi connectivity index (χ4v) is 1.60. The van der Waals surface area contributed by atoms with Gasteiger partial charge in [0.15, 0.2) is 0 Å². The van der Waals surface area contributed by atoms with Crippen LogP contribution in [0.4, 0.5) is 0 Å². The lowest BCUT2D eigenvalue weighted by Crippen LogP contribution is -2.48. The second-order valence-corrected chi connectivity index (χ2v) is 3.93. The lowest BCUT2D eigenvalue weighted by molar-refractivity contribution is -0.180. The highest BCUT2D eigenvalue weighted by Crippen LogP contribution is 2.35. The molecule has 1 fully saturated rings. The van der Waals surface area contributed by atoms with Gasteiger partial charge in [0.05, 0.1) is 12.5 Å². The third kappa shape index (κ3) is 1.46. The number of esters is 1. The molecule has 0 aromatic carbocycles. The Morgan fingerprint density at radius 2 is 2.25 bits per heavy atom. The summed E-state index contributed by atoms with van der Waals surface area (Å²) in [6.07, 6.45) is 0.177. The number of aliphatic hydroxyl groups is 1. The van der Waals surface area contributed by atoms with E-state index in [0.29, 0.717) is 0 Å². The molecule has 0 saturated carbocycles. The van der Waals surface area contributed by atoms with Gasteiger partial charge in [0, 0.05) is 5.41 Å². The SMILES string of the molecule is CC[C@H]1OC(=O)C[C@H](O)C1(C)C. The minimum absolute atomic E-state index is 0.128. The average Bonchev–Trinajstić information content (AvgIpc) is 1.97. The van der Waals surface area contributed by atoms with Crippen molar-refractivity contribution < 1.29 is 14.6 Å². The summed E-state index contributed by atoms with van der Waals surface area (Å²) in [6.45, 7) is 5.81. The zero-order valence-corrected chi connectivity index (χ0v) is 7.83. The van der Waals surface area contributed by atoms with Crippen molar-refractivity contribution in [3.8, 4) is 0 Å². The van der Waals surface area contributed by atoms with Crippen molar-refractivity contribution in [1.82, 2.24) is 0 Å². The molecule has 0 aromatic heterocycles. The normalized spacial score (nSPS) is 34.5. The van der Waals surface area contributed by atoms with Crippen LogP contribution in [0.15, 0.2) is 0 Å². The molecule has 0 spiro atoms. The van der Waals surface area contributed by atoms with Crippen LogP contribution >= 0.6 is 0 Å². The van der Waals surface area contributed by atoms with Crippen LogP contribution in [0.2, 0.25) is 0 Å². The highest BCUT2D eigenvalue weighted by Gasteiger charge is 2.43. The first-order valence-electron chi connectivity index (χ1n) is 4.36. The summed E-state index contributed by atoms with van der Waals surface area (Å²) >= 11 is 0.